The van der Waals surface area contributed by atoms with Crippen LogP contribution in [0.5, 0.6) is 0 Å². The van der Waals surface area contributed by atoms with Gasteiger partial charge in [0.05, 0.1) is 0 Å². The lowest BCUT2D eigenvalue weighted by Crippen LogP contribution is -2.64. The number of carbonyl (C=O) groups excluding carboxylic acids is 4. The second kappa shape index (κ2) is 10.8. The molecule has 0 unspecified atom stereocenters. The number of aryl methyl sites for hydroxylation is 1. The zero-order valence-electron chi connectivity index (χ0n) is 18.1. The van der Waals surface area contributed by atoms with Crippen molar-refractivity contribution < 1.29 is 42.9 Å². The normalized spacial score (nSPS) is 25.1. The number of hydrogen-bond donors (Lipinski definition) is 1. The Morgan fingerprint density at radius 2 is 1.45 bits per heavy atom. The second-order valence-corrected chi connectivity index (χ2v) is 7.13. The number of nitrogens with one attached hydrogen (secondary N) is 1. The molecule has 0 aliphatic carbocycles. The average Bonchev–Trinajstić information content (AvgIpc) is 2.64. The van der Waals surface area contributed by atoms with Crippen LogP contribution in [0, 0.1) is 6.92 Å². The van der Waals surface area contributed by atoms with E-state index in [2.05, 4.69) is 5.32 Å². The van der Waals surface area contributed by atoms with Crippen molar-refractivity contribution in [2.45, 2.75) is 65.3 Å². The molecule has 10 nitrogen and oxygen atoms in total. The molecule has 1 N–H and O–H groups in total. The lowest BCUT2D eigenvalue weighted by molar-refractivity contribution is -0.247. The van der Waals surface area contributed by atoms with E-state index >= 15 is 0 Å². The van der Waals surface area contributed by atoms with Crippen LogP contribution in [0.3, 0.4) is 0 Å². The highest BCUT2D eigenvalue weighted by molar-refractivity contribution is 5.69. The zero-order valence-corrected chi connectivity index (χ0v) is 18.1. The highest BCUT2D eigenvalue weighted by Crippen LogP contribution is 2.30. The molecule has 1 fully saturated rings. The van der Waals surface area contributed by atoms with Crippen molar-refractivity contribution in [3.63, 3.8) is 0 Å². The van der Waals surface area contributed by atoms with Gasteiger partial charge in [0, 0.05) is 33.4 Å². The minimum absolute atomic E-state index is 0.274. The maximum atomic E-state index is 11.8. The van der Waals surface area contributed by atoms with Crippen molar-refractivity contribution >= 4 is 29.6 Å². The van der Waals surface area contributed by atoms with E-state index in [1.807, 2.05) is 25.1 Å². The first-order valence-corrected chi connectivity index (χ1v) is 9.70. The van der Waals surface area contributed by atoms with Gasteiger partial charge >= 0.3 is 23.9 Å². The highest BCUT2D eigenvalue weighted by Gasteiger charge is 2.52. The van der Waals surface area contributed by atoms with Gasteiger partial charge in [-0.25, -0.2) is 0 Å². The molecule has 1 aromatic rings. The molecule has 10 heteroatoms. The van der Waals surface area contributed by atoms with Gasteiger partial charge in [-0.1, -0.05) is 12.1 Å². The molecule has 0 amide bonds. The number of benzene rings is 1. The summed E-state index contributed by atoms with van der Waals surface area (Å²) in [6, 6.07) is 7.34. The van der Waals surface area contributed by atoms with Crippen LogP contribution < -0.4 is 5.32 Å². The molecule has 1 aromatic carbocycles. The van der Waals surface area contributed by atoms with Crippen LogP contribution in [0.4, 0.5) is 5.69 Å². The number of hydrogen-bond acceptors (Lipinski definition) is 10. The van der Waals surface area contributed by atoms with Gasteiger partial charge in [0.15, 0.2) is 24.5 Å². The van der Waals surface area contributed by atoms with Crippen LogP contribution in [0.1, 0.15) is 33.3 Å². The Morgan fingerprint density at radius 1 is 0.871 bits per heavy atom. The number of carbonyl (C=O) groups is 4. The molecule has 5 atom stereocenters. The molecule has 170 valence electrons. The first kappa shape index (κ1) is 24.1. The van der Waals surface area contributed by atoms with Crippen molar-refractivity contribution in [3.8, 4) is 0 Å². The first-order valence-electron chi connectivity index (χ1n) is 9.70. The third-order valence-electron chi connectivity index (χ3n) is 4.32. The molecule has 0 spiro atoms. The van der Waals surface area contributed by atoms with Gasteiger partial charge in [0.25, 0.3) is 0 Å². The van der Waals surface area contributed by atoms with Crippen molar-refractivity contribution in [2.75, 3.05) is 11.9 Å². The van der Waals surface area contributed by atoms with E-state index < -0.39 is 54.5 Å². The van der Waals surface area contributed by atoms with E-state index in [1.54, 1.807) is 6.07 Å². The van der Waals surface area contributed by atoms with Gasteiger partial charge in [-0.2, -0.15) is 0 Å². The van der Waals surface area contributed by atoms with Crippen LogP contribution in [0.25, 0.3) is 0 Å². The highest BCUT2D eigenvalue weighted by atomic mass is 16.7. The molecule has 1 aliphatic heterocycles. The van der Waals surface area contributed by atoms with Crippen LogP contribution in [0.15, 0.2) is 24.3 Å². The molecule has 1 saturated heterocycles. The second-order valence-electron chi connectivity index (χ2n) is 7.13. The van der Waals surface area contributed by atoms with Gasteiger partial charge in [0.2, 0.25) is 0 Å². The number of anilines is 1. The lowest BCUT2D eigenvalue weighted by Gasteiger charge is -2.44. The van der Waals surface area contributed by atoms with Gasteiger partial charge in [-0.05, 0) is 24.6 Å². The predicted molar refractivity (Wildman–Crippen MR) is 107 cm³/mol. The number of rotatable bonds is 7. The number of ether oxygens (including phenoxy) is 5. The molecular weight excluding hydrogens is 410 g/mol. The molecule has 0 saturated carbocycles. The topological polar surface area (TPSA) is 126 Å². The van der Waals surface area contributed by atoms with E-state index in [-0.39, 0.29) is 6.61 Å². The lowest BCUT2D eigenvalue weighted by atomic mass is 9.97. The van der Waals surface area contributed by atoms with Crippen LogP contribution in [-0.4, -0.2) is 61.1 Å². The van der Waals surface area contributed by atoms with Crippen molar-refractivity contribution in [1.82, 2.24) is 0 Å². The minimum atomic E-state index is -1.21. The fraction of sp³-hybridized carbons (Fsp3) is 0.524. The maximum Gasteiger partial charge on any atom is 0.303 e. The minimum Gasteiger partial charge on any atom is -0.463 e. The smallest absolute Gasteiger partial charge is 0.303 e. The van der Waals surface area contributed by atoms with Crippen LogP contribution >= 0.6 is 0 Å². The molecule has 0 bridgehead atoms. The molecule has 0 aromatic heterocycles. The Morgan fingerprint density at radius 3 is 2.00 bits per heavy atom. The Bertz CT molecular complexity index is 825. The van der Waals surface area contributed by atoms with Crippen LogP contribution in [0.2, 0.25) is 0 Å². The maximum absolute atomic E-state index is 11.8. The van der Waals surface area contributed by atoms with E-state index in [9.17, 15) is 19.2 Å². The summed E-state index contributed by atoms with van der Waals surface area (Å²) in [7, 11) is 0. The van der Waals surface area contributed by atoms with E-state index in [0.29, 0.717) is 5.69 Å². The summed E-state index contributed by atoms with van der Waals surface area (Å²) in [4.78, 5) is 46.7. The van der Waals surface area contributed by atoms with Gasteiger partial charge in [-0.3, -0.25) is 19.2 Å². The van der Waals surface area contributed by atoms with Crippen molar-refractivity contribution in [3.05, 3.63) is 29.8 Å². The van der Waals surface area contributed by atoms with Crippen molar-refractivity contribution in [2.24, 2.45) is 0 Å². The van der Waals surface area contributed by atoms with Crippen LogP contribution in [-0.2, 0) is 42.9 Å². The molecule has 31 heavy (non-hydrogen) atoms. The van der Waals surface area contributed by atoms with E-state index in [0.717, 1.165) is 5.56 Å². The average molecular weight is 437 g/mol. The summed E-state index contributed by atoms with van der Waals surface area (Å²) >= 11 is 0. The standard InChI is InChI=1S/C21H27NO9/c1-11-7-6-8-16(9-11)22-21-20(30-15(5)26)19(29-14(4)25)18(28-13(3)24)17(31-21)10-27-12(2)23/h6-9,17-22H,10H2,1-5H3/t17-,18+,19+,20-,21-/m0/s1. The molecule has 0 radical (unpaired) electrons. The largest absolute Gasteiger partial charge is 0.463 e. The summed E-state index contributed by atoms with van der Waals surface area (Å²) in [5.41, 5.74) is 1.62. The quantitative estimate of drug-likeness (QED) is 0.495. The Balaban J connectivity index is 2.44. The third-order valence-corrected chi connectivity index (χ3v) is 4.32. The fourth-order valence-corrected chi connectivity index (χ4v) is 3.24. The molecule has 1 heterocycles. The SMILES string of the molecule is CC(=O)OC[C@@H]1O[C@H](Nc2cccc(C)c2)[C@@H](OC(C)=O)[C@H](OC(C)=O)[C@@H]1OC(C)=O. The Hall–Kier alpha value is -3.14. The van der Waals surface area contributed by atoms with E-state index in [4.69, 9.17) is 23.7 Å². The van der Waals surface area contributed by atoms with E-state index in [1.165, 1.54) is 27.7 Å². The summed E-state index contributed by atoms with van der Waals surface area (Å²) in [6.45, 7) is 6.39. The third kappa shape index (κ3) is 7.25. The fourth-order valence-electron chi connectivity index (χ4n) is 3.24. The summed E-state index contributed by atoms with van der Waals surface area (Å²) in [5.74, 6) is -2.58. The summed E-state index contributed by atoms with van der Waals surface area (Å²) < 4.78 is 27.2. The predicted octanol–water partition coefficient (Wildman–Crippen LogP) is 1.49. The monoisotopic (exact) mass is 437 g/mol. The van der Waals surface area contributed by atoms with Crippen molar-refractivity contribution in [1.29, 1.82) is 0 Å². The Kier molecular flexibility index (Phi) is 8.38. The van der Waals surface area contributed by atoms with Gasteiger partial charge in [-0.15, -0.1) is 0 Å². The first-order chi connectivity index (χ1) is 14.6. The molecule has 1 aliphatic rings. The molecule has 2 rings (SSSR count). The molecular formula is C21H27NO9. The summed E-state index contributed by atoms with van der Waals surface area (Å²) in [6.07, 6.45) is -5.53. The van der Waals surface area contributed by atoms with Gasteiger partial charge < -0.3 is 29.0 Å². The zero-order chi connectivity index (χ0) is 23.1. The Labute approximate surface area is 180 Å². The summed E-state index contributed by atoms with van der Waals surface area (Å²) in [5, 5.41) is 3.10. The number of esters is 4. The van der Waals surface area contributed by atoms with Gasteiger partial charge in [0.1, 0.15) is 12.7 Å².